The minimum Gasteiger partial charge on any atom is -0.348 e. The van der Waals surface area contributed by atoms with E-state index in [2.05, 4.69) is 27.6 Å². The van der Waals surface area contributed by atoms with Crippen LogP contribution in [0.4, 0.5) is 0 Å². The van der Waals surface area contributed by atoms with Crippen LogP contribution in [0.25, 0.3) is 0 Å². The zero-order valence-corrected chi connectivity index (χ0v) is 15.5. The summed E-state index contributed by atoms with van der Waals surface area (Å²) in [6, 6.07) is 2.03. The van der Waals surface area contributed by atoms with Gasteiger partial charge in [0.25, 0.3) is 0 Å². The lowest BCUT2D eigenvalue weighted by atomic mass is 9.97. The van der Waals surface area contributed by atoms with Gasteiger partial charge in [0.05, 0.1) is 17.9 Å². The molecule has 0 bridgehead atoms. The predicted molar refractivity (Wildman–Crippen MR) is 97.7 cm³/mol. The number of hydrogen-bond donors (Lipinski definition) is 2. The van der Waals surface area contributed by atoms with E-state index < -0.39 is 0 Å². The molecule has 1 saturated heterocycles. The third-order valence-corrected chi connectivity index (χ3v) is 4.98. The second-order valence-electron chi connectivity index (χ2n) is 5.84. The Balaban J connectivity index is 0.00000208. The highest BCUT2D eigenvalue weighted by Crippen LogP contribution is 2.21. The highest BCUT2D eigenvalue weighted by molar-refractivity contribution is 7.09. The van der Waals surface area contributed by atoms with E-state index >= 15 is 0 Å². The molecule has 2 aromatic rings. The Morgan fingerprint density at radius 3 is 3.12 bits per heavy atom. The minimum absolute atomic E-state index is 0. The lowest BCUT2D eigenvalue weighted by molar-refractivity contribution is -0.122. The molecule has 24 heavy (non-hydrogen) atoms. The number of aryl methyl sites for hydroxylation is 1. The lowest BCUT2D eigenvalue weighted by Crippen LogP contribution is -2.29. The van der Waals surface area contributed by atoms with E-state index in [1.54, 1.807) is 16.0 Å². The van der Waals surface area contributed by atoms with Gasteiger partial charge in [-0.1, -0.05) is 6.92 Å². The SMILES string of the molecule is CCc1csc(CNC(=O)Cn2ccc(C3CCCNC3)n2)n1.Cl. The summed E-state index contributed by atoms with van der Waals surface area (Å²) in [4.78, 5) is 16.5. The van der Waals surface area contributed by atoms with Gasteiger partial charge in [0, 0.05) is 24.0 Å². The minimum atomic E-state index is -0.0327. The van der Waals surface area contributed by atoms with E-state index in [0.29, 0.717) is 12.5 Å². The highest BCUT2D eigenvalue weighted by atomic mass is 35.5. The molecule has 1 aliphatic heterocycles. The first kappa shape index (κ1) is 18.9. The molecule has 1 aliphatic rings. The molecule has 6 nitrogen and oxygen atoms in total. The fraction of sp³-hybridized carbons (Fsp3) is 0.562. The van der Waals surface area contributed by atoms with Crippen LogP contribution in [0, 0.1) is 0 Å². The molecule has 0 radical (unpaired) electrons. The third kappa shape index (κ3) is 5.03. The summed E-state index contributed by atoms with van der Waals surface area (Å²) in [5, 5.41) is 13.8. The molecule has 1 amide bonds. The zero-order chi connectivity index (χ0) is 16.1. The van der Waals surface area contributed by atoms with Crippen molar-refractivity contribution in [3.8, 4) is 0 Å². The molecule has 0 spiro atoms. The maximum absolute atomic E-state index is 12.0. The average Bonchev–Trinajstić information content (AvgIpc) is 3.23. The quantitative estimate of drug-likeness (QED) is 0.818. The van der Waals surface area contributed by atoms with Crippen LogP contribution in [0.2, 0.25) is 0 Å². The summed E-state index contributed by atoms with van der Waals surface area (Å²) in [7, 11) is 0. The van der Waals surface area contributed by atoms with Crippen LogP contribution in [0.5, 0.6) is 0 Å². The van der Waals surface area contributed by atoms with Crippen molar-refractivity contribution in [2.75, 3.05) is 13.1 Å². The van der Waals surface area contributed by atoms with E-state index in [0.717, 1.165) is 35.9 Å². The largest absolute Gasteiger partial charge is 0.348 e. The van der Waals surface area contributed by atoms with Gasteiger partial charge in [-0.15, -0.1) is 23.7 Å². The Morgan fingerprint density at radius 1 is 1.54 bits per heavy atom. The van der Waals surface area contributed by atoms with Crippen LogP contribution in [-0.4, -0.2) is 33.8 Å². The van der Waals surface area contributed by atoms with Crippen LogP contribution in [0.1, 0.15) is 42.1 Å². The molecule has 3 rings (SSSR count). The molecule has 132 valence electrons. The number of aromatic nitrogens is 3. The van der Waals surface area contributed by atoms with Crippen molar-refractivity contribution in [3.63, 3.8) is 0 Å². The van der Waals surface area contributed by atoms with Crippen LogP contribution in [0.3, 0.4) is 0 Å². The topological polar surface area (TPSA) is 71.8 Å². The van der Waals surface area contributed by atoms with E-state index in [9.17, 15) is 4.79 Å². The summed E-state index contributed by atoms with van der Waals surface area (Å²) >= 11 is 1.59. The number of carbonyl (C=O) groups excluding carboxylic acids is 1. The molecule has 2 N–H and O–H groups in total. The van der Waals surface area contributed by atoms with Crippen LogP contribution < -0.4 is 10.6 Å². The number of nitrogens with zero attached hydrogens (tertiary/aromatic N) is 3. The number of piperidine rings is 1. The molecule has 1 unspecified atom stereocenters. The van der Waals surface area contributed by atoms with Gasteiger partial charge in [0.1, 0.15) is 11.6 Å². The Hall–Kier alpha value is -1.44. The van der Waals surface area contributed by atoms with Crippen molar-refractivity contribution in [2.45, 2.75) is 45.2 Å². The number of carbonyl (C=O) groups is 1. The summed E-state index contributed by atoms with van der Waals surface area (Å²) in [5.41, 5.74) is 2.16. The van der Waals surface area contributed by atoms with Crippen molar-refractivity contribution in [2.24, 2.45) is 0 Å². The van der Waals surface area contributed by atoms with Crippen molar-refractivity contribution < 1.29 is 4.79 Å². The first-order valence-electron chi connectivity index (χ1n) is 8.18. The summed E-state index contributed by atoms with van der Waals surface area (Å²) in [6.45, 7) is 4.90. The van der Waals surface area contributed by atoms with Crippen molar-refractivity contribution >= 4 is 29.7 Å². The second kappa shape index (κ2) is 9.15. The molecular weight excluding hydrogens is 346 g/mol. The summed E-state index contributed by atoms with van der Waals surface area (Å²) in [6.07, 6.45) is 5.17. The fourth-order valence-electron chi connectivity index (χ4n) is 2.76. The van der Waals surface area contributed by atoms with Crippen LogP contribution >= 0.6 is 23.7 Å². The Labute approximate surface area is 152 Å². The summed E-state index contributed by atoms with van der Waals surface area (Å²) < 4.78 is 1.72. The van der Waals surface area contributed by atoms with E-state index in [1.807, 2.05) is 17.6 Å². The molecule has 1 atom stereocenters. The number of nitrogens with one attached hydrogen (secondary N) is 2. The molecule has 0 saturated carbocycles. The molecule has 1 fully saturated rings. The van der Waals surface area contributed by atoms with Crippen molar-refractivity contribution in [1.82, 2.24) is 25.4 Å². The second-order valence-corrected chi connectivity index (χ2v) is 6.79. The first-order chi connectivity index (χ1) is 11.2. The van der Waals surface area contributed by atoms with Gasteiger partial charge in [-0.25, -0.2) is 4.98 Å². The lowest BCUT2D eigenvalue weighted by Gasteiger charge is -2.20. The molecule has 8 heteroatoms. The maximum atomic E-state index is 12.0. The molecule has 0 aliphatic carbocycles. The molecule has 2 aromatic heterocycles. The van der Waals surface area contributed by atoms with Crippen LogP contribution in [-0.2, 0) is 24.3 Å². The number of amides is 1. The summed E-state index contributed by atoms with van der Waals surface area (Å²) in [5.74, 6) is 0.436. The Morgan fingerprint density at radius 2 is 2.42 bits per heavy atom. The Bertz CT molecular complexity index is 650. The standard InChI is InChI=1S/C16H23N5OS.ClH/c1-2-13-11-23-16(19-13)9-18-15(22)10-21-7-5-14(20-21)12-4-3-6-17-8-12;/h5,7,11-12,17H,2-4,6,8-10H2,1H3,(H,18,22);1H. The zero-order valence-electron chi connectivity index (χ0n) is 13.8. The molecular formula is C16H24ClN5OS. The van der Waals surface area contributed by atoms with Crippen molar-refractivity contribution in [3.05, 3.63) is 34.0 Å². The van der Waals surface area contributed by atoms with Gasteiger partial charge in [-0.2, -0.15) is 5.10 Å². The third-order valence-electron chi connectivity index (χ3n) is 4.08. The van der Waals surface area contributed by atoms with Crippen molar-refractivity contribution in [1.29, 1.82) is 0 Å². The van der Waals surface area contributed by atoms with Crippen LogP contribution in [0.15, 0.2) is 17.6 Å². The first-order valence-corrected chi connectivity index (χ1v) is 9.06. The predicted octanol–water partition coefficient (Wildman–Crippen LogP) is 2.11. The van der Waals surface area contributed by atoms with E-state index in [4.69, 9.17) is 0 Å². The molecule has 3 heterocycles. The van der Waals surface area contributed by atoms with E-state index in [-0.39, 0.29) is 24.9 Å². The maximum Gasteiger partial charge on any atom is 0.242 e. The monoisotopic (exact) mass is 369 g/mol. The van der Waals surface area contributed by atoms with Gasteiger partial charge in [0.15, 0.2) is 0 Å². The van der Waals surface area contributed by atoms with E-state index in [1.165, 1.54) is 12.8 Å². The number of halogens is 1. The Kier molecular flexibility index (Phi) is 7.20. The van der Waals surface area contributed by atoms with Gasteiger partial charge in [-0.3, -0.25) is 9.48 Å². The average molecular weight is 370 g/mol. The van der Waals surface area contributed by atoms with Gasteiger partial charge >= 0.3 is 0 Å². The smallest absolute Gasteiger partial charge is 0.242 e. The van der Waals surface area contributed by atoms with Gasteiger partial charge in [0.2, 0.25) is 5.91 Å². The highest BCUT2D eigenvalue weighted by Gasteiger charge is 2.17. The number of thiazole rings is 1. The number of hydrogen-bond acceptors (Lipinski definition) is 5. The number of rotatable bonds is 6. The normalized spacial score (nSPS) is 17.3. The van der Waals surface area contributed by atoms with Gasteiger partial charge < -0.3 is 10.6 Å². The molecule has 0 aromatic carbocycles. The van der Waals surface area contributed by atoms with Gasteiger partial charge in [-0.05, 0) is 31.9 Å². The fourth-order valence-corrected chi connectivity index (χ4v) is 3.57.